The lowest BCUT2D eigenvalue weighted by Crippen LogP contribution is -2.61. The van der Waals surface area contributed by atoms with Crippen molar-refractivity contribution in [3.63, 3.8) is 0 Å². The van der Waals surface area contributed by atoms with Gasteiger partial charge in [-0.15, -0.1) is 0 Å². The Morgan fingerprint density at radius 1 is 0.857 bits per heavy atom. The molecule has 1 aliphatic rings. The van der Waals surface area contributed by atoms with Gasteiger partial charge in [-0.25, -0.2) is 9.59 Å². The molecule has 0 heterocycles. The summed E-state index contributed by atoms with van der Waals surface area (Å²) in [7, 11) is 0. The lowest BCUT2D eigenvalue weighted by molar-refractivity contribution is -0.183. The van der Waals surface area contributed by atoms with Crippen LogP contribution in [-0.4, -0.2) is 57.8 Å². The highest BCUT2D eigenvalue weighted by Gasteiger charge is 2.50. The fourth-order valence-electron chi connectivity index (χ4n) is 2.83. The summed E-state index contributed by atoms with van der Waals surface area (Å²) in [6.07, 6.45) is -1.98. The summed E-state index contributed by atoms with van der Waals surface area (Å²) in [5.41, 5.74) is -1.71. The maximum Gasteiger partial charge on any atom is 0.338 e. The molecule has 0 spiro atoms. The van der Waals surface area contributed by atoms with E-state index in [9.17, 15) is 24.9 Å². The molecule has 0 aromatic heterocycles. The molecule has 0 saturated heterocycles. The zero-order valence-electron chi connectivity index (χ0n) is 14.8. The van der Waals surface area contributed by atoms with Crippen LogP contribution in [-0.2, 0) is 9.47 Å². The van der Waals surface area contributed by atoms with Gasteiger partial charge in [0.2, 0.25) is 0 Å². The van der Waals surface area contributed by atoms with Crippen LogP contribution < -0.4 is 0 Å². The molecule has 3 unspecified atom stereocenters. The minimum atomic E-state index is -2.24. The second kappa shape index (κ2) is 8.35. The molecule has 0 amide bonds. The molecule has 0 saturated carbocycles. The van der Waals surface area contributed by atoms with Gasteiger partial charge < -0.3 is 24.8 Å². The molecular weight excluding hydrogens is 364 g/mol. The molecule has 0 bridgehead atoms. The van der Waals surface area contributed by atoms with Crippen LogP contribution in [0.3, 0.4) is 0 Å². The molecule has 0 aliphatic heterocycles. The maximum absolute atomic E-state index is 12.2. The van der Waals surface area contributed by atoms with Gasteiger partial charge in [-0.1, -0.05) is 42.5 Å². The second-order valence-electron chi connectivity index (χ2n) is 6.44. The topological polar surface area (TPSA) is 113 Å². The average molecular weight is 384 g/mol. The number of carbonyl (C=O) groups excluding carboxylic acids is 2. The van der Waals surface area contributed by atoms with Crippen molar-refractivity contribution in [2.45, 2.75) is 23.9 Å². The number of aliphatic hydroxyl groups is 3. The van der Waals surface area contributed by atoms with Crippen LogP contribution in [0.1, 0.15) is 20.7 Å². The lowest BCUT2D eigenvalue weighted by atomic mass is 9.83. The zero-order valence-corrected chi connectivity index (χ0v) is 14.8. The highest BCUT2D eigenvalue weighted by atomic mass is 16.6. The molecule has 146 valence electrons. The third-order valence-corrected chi connectivity index (χ3v) is 4.52. The summed E-state index contributed by atoms with van der Waals surface area (Å²) in [4.78, 5) is 24.3. The van der Waals surface area contributed by atoms with E-state index in [1.165, 1.54) is 24.3 Å². The van der Waals surface area contributed by atoms with Crippen LogP contribution in [0, 0.1) is 0 Å². The van der Waals surface area contributed by atoms with Gasteiger partial charge in [0.15, 0.2) is 5.60 Å². The summed E-state index contributed by atoms with van der Waals surface area (Å²) in [6.45, 7) is -0.688. The van der Waals surface area contributed by atoms with Crippen molar-refractivity contribution in [3.05, 3.63) is 83.9 Å². The molecule has 7 nitrogen and oxygen atoms in total. The van der Waals surface area contributed by atoms with Gasteiger partial charge >= 0.3 is 11.9 Å². The van der Waals surface area contributed by atoms with Crippen LogP contribution in [0.5, 0.6) is 0 Å². The number of rotatable bonds is 5. The normalized spacial score (nSPS) is 26.5. The van der Waals surface area contributed by atoms with Crippen molar-refractivity contribution in [1.82, 2.24) is 0 Å². The number of carbonyl (C=O) groups is 2. The summed E-state index contributed by atoms with van der Waals surface area (Å²) in [5, 5.41) is 31.4. The molecule has 1 aliphatic carbocycles. The lowest BCUT2D eigenvalue weighted by Gasteiger charge is -2.40. The molecule has 28 heavy (non-hydrogen) atoms. The highest BCUT2D eigenvalue weighted by Crippen LogP contribution is 2.28. The SMILES string of the molecule is O=C(OCC1(O)C(O)C(OC(=O)c2ccccc2)C=C[C@@H]1O)c1ccccc1. The Bertz CT molecular complexity index is 850. The second-order valence-corrected chi connectivity index (χ2v) is 6.44. The van der Waals surface area contributed by atoms with Crippen LogP contribution in [0.15, 0.2) is 72.8 Å². The Kier molecular flexibility index (Phi) is 5.89. The van der Waals surface area contributed by atoms with Crippen LogP contribution >= 0.6 is 0 Å². The molecule has 3 N–H and O–H groups in total. The predicted molar refractivity (Wildman–Crippen MR) is 98.5 cm³/mol. The van der Waals surface area contributed by atoms with Gasteiger partial charge in [0, 0.05) is 0 Å². The van der Waals surface area contributed by atoms with E-state index in [2.05, 4.69) is 0 Å². The summed E-state index contributed by atoms with van der Waals surface area (Å²) < 4.78 is 10.3. The molecule has 2 aromatic rings. The van der Waals surface area contributed by atoms with E-state index in [-0.39, 0.29) is 11.1 Å². The Morgan fingerprint density at radius 2 is 1.39 bits per heavy atom. The fraction of sp³-hybridized carbons (Fsp3) is 0.238. The minimum absolute atomic E-state index is 0.258. The van der Waals surface area contributed by atoms with Crippen molar-refractivity contribution in [3.8, 4) is 0 Å². The quantitative estimate of drug-likeness (QED) is 0.522. The average Bonchev–Trinajstić information content (AvgIpc) is 2.74. The first-order chi connectivity index (χ1) is 13.4. The van der Waals surface area contributed by atoms with Gasteiger partial charge in [0.1, 0.15) is 24.9 Å². The Balaban J connectivity index is 1.69. The van der Waals surface area contributed by atoms with Gasteiger partial charge in [-0.2, -0.15) is 0 Å². The standard InChI is InChI=1S/C21H20O7/c22-17-12-11-16(28-20(25)15-9-5-2-6-10-15)18(23)21(17,26)13-27-19(24)14-7-3-1-4-8-14/h1-12,16-18,22-23,26H,13H2/t16?,17-,18?,21?/m0/s1. The van der Waals surface area contributed by atoms with Crippen molar-refractivity contribution in [2.75, 3.05) is 6.61 Å². The first-order valence-electron chi connectivity index (χ1n) is 8.67. The van der Waals surface area contributed by atoms with E-state index in [4.69, 9.17) is 9.47 Å². The summed E-state index contributed by atoms with van der Waals surface area (Å²) in [6, 6.07) is 16.2. The van der Waals surface area contributed by atoms with Crippen LogP contribution in [0.4, 0.5) is 0 Å². The molecule has 3 rings (SSSR count). The molecular formula is C21H20O7. The third kappa shape index (κ3) is 4.12. The number of hydrogen-bond acceptors (Lipinski definition) is 7. The fourth-order valence-corrected chi connectivity index (χ4v) is 2.83. The monoisotopic (exact) mass is 384 g/mol. The number of esters is 2. The van der Waals surface area contributed by atoms with Gasteiger partial charge in [-0.3, -0.25) is 0 Å². The number of ether oxygens (including phenoxy) is 2. The van der Waals surface area contributed by atoms with Crippen molar-refractivity contribution < 1.29 is 34.4 Å². The number of aliphatic hydroxyl groups excluding tert-OH is 2. The first kappa shape index (κ1) is 19.8. The third-order valence-electron chi connectivity index (χ3n) is 4.52. The van der Waals surface area contributed by atoms with Crippen molar-refractivity contribution in [1.29, 1.82) is 0 Å². The van der Waals surface area contributed by atoms with E-state index in [1.807, 2.05) is 0 Å². The summed E-state index contributed by atoms with van der Waals surface area (Å²) in [5.74, 6) is -1.42. The first-order valence-corrected chi connectivity index (χ1v) is 8.67. The van der Waals surface area contributed by atoms with Crippen LogP contribution in [0.2, 0.25) is 0 Å². The molecule has 4 atom stereocenters. The van der Waals surface area contributed by atoms with Crippen molar-refractivity contribution in [2.24, 2.45) is 0 Å². The van der Waals surface area contributed by atoms with Gasteiger partial charge in [0.05, 0.1) is 11.1 Å². The molecule has 7 heteroatoms. The smallest absolute Gasteiger partial charge is 0.338 e. The number of hydrogen-bond donors (Lipinski definition) is 3. The van der Waals surface area contributed by atoms with Crippen molar-refractivity contribution >= 4 is 11.9 Å². The predicted octanol–water partition coefficient (Wildman–Crippen LogP) is 1.09. The Hall–Kier alpha value is -3.00. The molecule has 0 fully saturated rings. The van der Waals surface area contributed by atoms with E-state index in [0.717, 1.165) is 0 Å². The molecule has 2 aromatic carbocycles. The Labute approximate surface area is 161 Å². The van der Waals surface area contributed by atoms with E-state index in [0.29, 0.717) is 0 Å². The minimum Gasteiger partial charge on any atom is -0.459 e. The van der Waals surface area contributed by atoms with E-state index in [1.54, 1.807) is 48.5 Å². The largest absolute Gasteiger partial charge is 0.459 e. The van der Waals surface area contributed by atoms with Gasteiger partial charge in [-0.05, 0) is 30.3 Å². The van der Waals surface area contributed by atoms with Crippen LogP contribution in [0.25, 0.3) is 0 Å². The van der Waals surface area contributed by atoms with Gasteiger partial charge in [0.25, 0.3) is 0 Å². The number of benzene rings is 2. The maximum atomic E-state index is 12.2. The summed E-state index contributed by atoms with van der Waals surface area (Å²) >= 11 is 0. The van der Waals surface area contributed by atoms with E-state index >= 15 is 0 Å². The zero-order chi connectivity index (χ0) is 20.1. The highest BCUT2D eigenvalue weighted by molar-refractivity contribution is 5.90. The van der Waals surface area contributed by atoms with E-state index < -0.39 is 42.5 Å². The Morgan fingerprint density at radius 3 is 1.96 bits per heavy atom. The molecule has 0 radical (unpaired) electrons.